The van der Waals surface area contributed by atoms with Crippen LogP contribution >= 0.6 is 11.3 Å². The SMILES string of the molecule is Cc1cc(-c2ccc(N3CCN(C(=O)CCOCCOCCNc4cccc5c4C(=O)N(C4CCC(=O)NC4=O)C5=O)CC3)cc2)ccc1CN(C=O)C(C(=O)Nc1nccs1)c1ccccc1. The molecule has 352 valence electrons. The van der Waals surface area contributed by atoms with Gasteiger partial charge in [0.2, 0.25) is 24.1 Å². The molecule has 4 aromatic carbocycles. The first-order valence-electron chi connectivity index (χ1n) is 22.5. The molecule has 0 radical (unpaired) electrons. The lowest BCUT2D eigenvalue weighted by Gasteiger charge is -2.36. The molecule has 8 rings (SSSR count). The largest absolute Gasteiger partial charge is 0.382 e. The maximum atomic E-state index is 13.5. The normalized spacial score (nSPS) is 16.3. The molecular weight excluding hydrogens is 889 g/mol. The Morgan fingerprint density at radius 2 is 1.63 bits per heavy atom. The Labute approximate surface area is 397 Å². The van der Waals surface area contributed by atoms with E-state index in [-0.39, 0.29) is 55.4 Å². The summed E-state index contributed by atoms with van der Waals surface area (Å²) in [7, 11) is 0. The zero-order chi connectivity index (χ0) is 47.6. The number of thiazole rings is 1. The van der Waals surface area contributed by atoms with Crippen LogP contribution in [0, 0.1) is 6.92 Å². The number of hydrogen-bond acceptors (Lipinski definition) is 13. The summed E-state index contributed by atoms with van der Waals surface area (Å²) in [4.78, 5) is 100. The van der Waals surface area contributed by atoms with E-state index in [2.05, 4.69) is 56.2 Å². The smallest absolute Gasteiger partial charge is 0.264 e. The summed E-state index contributed by atoms with van der Waals surface area (Å²) in [5.74, 6) is -2.53. The zero-order valence-corrected chi connectivity index (χ0v) is 38.4. The van der Waals surface area contributed by atoms with Crippen LogP contribution in [-0.4, -0.2) is 127 Å². The Morgan fingerprint density at radius 1 is 0.882 bits per heavy atom. The first-order valence-corrected chi connectivity index (χ1v) is 23.4. The number of anilines is 3. The highest BCUT2D eigenvalue weighted by Crippen LogP contribution is 2.33. The van der Waals surface area contributed by atoms with Crippen LogP contribution in [-0.2, 0) is 40.0 Å². The fourth-order valence-electron chi connectivity index (χ4n) is 8.67. The number of aryl methyl sites for hydroxylation is 1. The van der Waals surface area contributed by atoms with Crippen molar-refractivity contribution in [1.82, 2.24) is 25.0 Å². The van der Waals surface area contributed by atoms with E-state index in [4.69, 9.17) is 9.47 Å². The lowest BCUT2D eigenvalue weighted by molar-refractivity contribution is -0.136. The van der Waals surface area contributed by atoms with Crippen molar-refractivity contribution in [3.63, 3.8) is 0 Å². The number of benzene rings is 4. The number of hydrogen-bond donors (Lipinski definition) is 3. The van der Waals surface area contributed by atoms with Gasteiger partial charge < -0.3 is 29.5 Å². The van der Waals surface area contributed by atoms with Gasteiger partial charge in [0.1, 0.15) is 12.1 Å². The summed E-state index contributed by atoms with van der Waals surface area (Å²) in [6.07, 6.45) is 2.74. The van der Waals surface area contributed by atoms with Crippen molar-refractivity contribution in [2.24, 2.45) is 0 Å². The van der Waals surface area contributed by atoms with Crippen molar-refractivity contribution in [1.29, 1.82) is 0 Å². The zero-order valence-electron chi connectivity index (χ0n) is 37.6. The summed E-state index contributed by atoms with van der Waals surface area (Å²) >= 11 is 1.31. The van der Waals surface area contributed by atoms with Crippen LogP contribution in [0.25, 0.3) is 11.1 Å². The number of piperazine rings is 1. The summed E-state index contributed by atoms with van der Waals surface area (Å²) < 4.78 is 11.4. The molecule has 1 aromatic heterocycles. The molecule has 0 aliphatic carbocycles. The molecule has 3 N–H and O–H groups in total. The third-order valence-electron chi connectivity index (χ3n) is 12.2. The Hall–Kier alpha value is -7.28. The van der Waals surface area contributed by atoms with Crippen molar-refractivity contribution in [2.45, 2.75) is 44.8 Å². The number of carbonyl (C=O) groups excluding carboxylic acids is 7. The number of amides is 7. The summed E-state index contributed by atoms with van der Waals surface area (Å²) in [5, 5.41) is 10.4. The predicted octanol–water partition coefficient (Wildman–Crippen LogP) is 5.04. The fourth-order valence-corrected chi connectivity index (χ4v) is 9.20. The Bertz CT molecular complexity index is 2640. The topological polar surface area (TPSA) is 200 Å². The van der Waals surface area contributed by atoms with Crippen LogP contribution in [0.2, 0.25) is 0 Å². The summed E-state index contributed by atoms with van der Waals surface area (Å²) in [6.45, 7) is 6.38. The van der Waals surface area contributed by atoms with Gasteiger partial charge in [0.25, 0.3) is 17.7 Å². The number of rotatable bonds is 20. The Morgan fingerprint density at radius 3 is 2.34 bits per heavy atom. The van der Waals surface area contributed by atoms with E-state index in [0.717, 1.165) is 39.3 Å². The van der Waals surface area contributed by atoms with E-state index in [1.54, 1.807) is 29.8 Å². The van der Waals surface area contributed by atoms with E-state index in [1.807, 2.05) is 54.3 Å². The number of nitrogens with zero attached hydrogens (tertiary/aromatic N) is 5. The molecule has 7 amide bonds. The number of imide groups is 2. The highest BCUT2D eigenvalue weighted by atomic mass is 32.1. The Balaban J connectivity index is 0.732. The van der Waals surface area contributed by atoms with Gasteiger partial charge in [0, 0.05) is 68.6 Å². The second-order valence-corrected chi connectivity index (χ2v) is 17.4. The molecule has 17 nitrogen and oxygen atoms in total. The minimum atomic E-state index is -1.03. The fraction of sp³-hybridized carbons (Fsp3) is 0.320. The standard InChI is InChI=1S/C50H52N8O9S/c1-33-30-36(10-11-37(33)31-57(32-59)45(35-6-3-2-4-7-35)47(63)54-50-52-20-29-68-50)34-12-14-38(15-13-34)55-21-23-56(24-22-55)43(61)18-25-66-27-28-67-26-19-51-40-9-5-8-39-44(40)49(65)58(48(39)64)41-16-17-42(60)53-46(41)62/h2-15,20,29-30,32,41,45,51H,16-19,21-28,31H2,1H3,(H,52,54,63)(H,53,60,62). The van der Waals surface area contributed by atoms with E-state index in [1.165, 1.54) is 16.2 Å². The van der Waals surface area contributed by atoms with Crippen molar-refractivity contribution >= 4 is 69.7 Å². The number of fused-ring (bicyclic) bond motifs is 1. The van der Waals surface area contributed by atoms with E-state index in [9.17, 15) is 33.6 Å². The van der Waals surface area contributed by atoms with Crippen molar-refractivity contribution in [3.8, 4) is 11.1 Å². The number of aromatic nitrogens is 1. The van der Waals surface area contributed by atoms with Gasteiger partial charge in [-0.1, -0.05) is 66.7 Å². The lowest BCUT2D eigenvalue weighted by atomic mass is 9.98. The molecule has 2 unspecified atom stereocenters. The van der Waals surface area contributed by atoms with Gasteiger partial charge >= 0.3 is 0 Å². The van der Waals surface area contributed by atoms with Gasteiger partial charge in [-0.15, -0.1) is 11.3 Å². The molecule has 2 fully saturated rings. The first kappa shape index (κ1) is 47.2. The molecule has 3 aliphatic rings. The third-order valence-corrected chi connectivity index (χ3v) is 12.9. The van der Waals surface area contributed by atoms with Crippen LogP contribution in [0.15, 0.2) is 103 Å². The summed E-state index contributed by atoms with van der Waals surface area (Å²) in [6, 6.07) is 26.7. The van der Waals surface area contributed by atoms with Crippen LogP contribution < -0.4 is 20.9 Å². The minimum Gasteiger partial charge on any atom is -0.382 e. The third kappa shape index (κ3) is 10.9. The van der Waals surface area contributed by atoms with Gasteiger partial charge in [-0.3, -0.25) is 49.1 Å². The van der Waals surface area contributed by atoms with Crippen LogP contribution in [0.3, 0.4) is 0 Å². The first-order chi connectivity index (χ1) is 33.1. The number of ether oxygens (including phenoxy) is 2. The predicted molar refractivity (Wildman–Crippen MR) is 255 cm³/mol. The number of nitrogens with one attached hydrogen (secondary N) is 3. The van der Waals surface area contributed by atoms with Gasteiger partial charge in [-0.2, -0.15) is 0 Å². The average Bonchev–Trinajstić information content (AvgIpc) is 3.96. The quantitative estimate of drug-likeness (QED) is 0.0535. The maximum Gasteiger partial charge on any atom is 0.264 e. The number of carbonyl (C=O) groups is 7. The van der Waals surface area contributed by atoms with E-state index in [0.29, 0.717) is 68.9 Å². The van der Waals surface area contributed by atoms with Gasteiger partial charge in [0.05, 0.1) is 44.0 Å². The Kier molecular flexibility index (Phi) is 15.3. The second-order valence-electron chi connectivity index (χ2n) is 16.6. The van der Waals surface area contributed by atoms with E-state index >= 15 is 0 Å². The molecule has 2 atom stereocenters. The average molecular weight is 941 g/mol. The molecule has 0 saturated carbocycles. The van der Waals surface area contributed by atoms with Crippen molar-refractivity contribution in [3.05, 3.63) is 130 Å². The van der Waals surface area contributed by atoms with Crippen molar-refractivity contribution in [2.75, 3.05) is 74.7 Å². The molecule has 0 spiro atoms. The second kappa shape index (κ2) is 22.0. The molecular formula is C50H52N8O9S. The monoisotopic (exact) mass is 940 g/mol. The lowest BCUT2D eigenvalue weighted by Crippen LogP contribution is -2.54. The highest BCUT2D eigenvalue weighted by Gasteiger charge is 2.45. The molecule has 18 heteroatoms. The number of piperidine rings is 1. The van der Waals surface area contributed by atoms with Gasteiger partial charge in [-0.05, 0) is 65.4 Å². The summed E-state index contributed by atoms with van der Waals surface area (Å²) in [5.41, 5.74) is 6.61. The van der Waals surface area contributed by atoms with E-state index < -0.39 is 35.7 Å². The van der Waals surface area contributed by atoms with Crippen LogP contribution in [0.1, 0.15) is 62.7 Å². The molecule has 5 aromatic rings. The van der Waals surface area contributed by atoms with Crippen LogP contribution in [0.5, 0.6) is 0 Å². The van der Waals surface area contributed by atoms with Crippen molar-refractivity contribution < 1.29 is 43.0 Å². The molecule has 3 aliphatic heterocycles. The minimum absolute atomic E-state index is 0.0364. The molecule has 2 saturated heterocycles. The van der Waals surface area contributed by atoms with Crippen LogP contribution in [0.4, 0.5) is 16.5 Å². The molecule has 0 bridgehead atoms. The van der Waals surface area contributed by atoms with Gasteiger partial charge in [-0.25, -0.2) is 4.98 Å². The molecule has 68 heavy (non-hydrogen) atoms. The van der Waals surface area contributed by atoms with Gasteiger partial charge in [0.15, 0.2) is 5.13 Å². The highest BCUT2D eigenvalue weighted by molar-refractivity contribution is 7.13. The maximum absolute atomic E-state index is 13.5. The molecule has 4 heterocycles.